The van der Waals surface area contributed by atoms with Crippen molar-refractivity contribution in [2.24, 2.45) is 11.3 Å². The van der Waals surface area contributed by atoms with Crippen LogP contribution in [-0.2, 0) is 4.74 Å². The van der Waals surface area contributed by atoms with Crippen LogP contribution in [0.1, 0.15) is 58.8 Å². The van der Waals surface area contributed by atoms with Crippen LogP contribution in [0.2, 0.25) is 0 Å². The predicted octanol–water partition coefficient (Wildman–Crippen LogP) is 3.61. The van der Waals surface area contributed by atoms with Gasteiger partial charge in [0.25, 0.3) is 0 Å². The monoisotopic (exact) mass is 241 g/mol. The van der Waals surface area contributed by atoms with Gasteiger partial charge in [-0.05, 0) is 44.1 Å². The molecule has 0 aromatic heterocycles. The molecule has 0 saturated carbocycles. The van der Waals surface area contributed by atoms with Crippen molar-refractivity contribution in [1.29, 1.82) is 0 Å². The topological polar surface area (TPSA) is 21.3 Å². The van der Waals surface area contributed by atoms with Crippen molar-refractivity contribution in [3.05, 3.63) is 0 Å². The van der Waals surface area contributed by atoms with E-state index in [9.17, 15) is 0 Å². The van der Waals surface area contributed by atoms with E-state index in [1.165, 1.54) is 44.9 Å². The van der Waals surface area contributed by atoms with Crippen LogP contribution in [0.5, 0.6) is 0 Å². The molecule has 0 bridgehead atoms. The lowest BCUT2D eigenvalue weighted by Crippen LogP contribution is -2.29. The second-order valence-corrected chi connectivity index (χ2v) is 6.00. The molecule has 0 amide bonds. The van der Waals surface area contributed by atoms with Crippen LogP contribution >= 0.6 is 0 Å². The summed E-state index contributed by atoms with van der Waals surface area (Å²) in [6.07, 6.45) is 9.46. The molecule has 1 unspecified atom stereocenters. The molecule has 102 valence electrons. The lowest BCUT2D eigenvalue weighted by atomic mass is 9.81. The zero-order valence-electron chi connectivity index (χ0n) is 12.1. The van der Waals surface area contributed by atoms with Gasteiger partial charge in [-0.1, -0.05) is 33.1 Å². The van der Waals surface area contributed by atoms with Gasteiger partial charge in [-0.3, -0.25) is 0 Å². The third-order valence-corrected chi connectivity index (χ3v) is 4.44. The zero-order valence-corrected chi connectivity index (χ0v) is 12.1. The van der Waals surface area contributed by atoms with Gasteiger partial charge < -0.3 is 10.1 Å². The van der Waals surface area contributed by atoms with Crippen molar-refractivity contribution < 1.29 is 4.74 Å². The third kappa shape index (κ3) is 5.87. The maximum absolute atomic E-state index is 5.40. The van der Waals surface area contributed by atoms with Crippen molar-refractivity contribution in [1.82, 2.24) is 5.32 Å². The van der Waals surface area contributed by atoms with Crippen LogP contribution in [0.25, 0.3) is 0 Å². The van der Waals surface area contributed by atoms with E-state index < -0.39 is 0 Å². The van der Waals surface area contributed by atoms with Gasteiger partial charge in [0.2, 0.25) is 0 Å². The average Bonchev–Trinajstić information content (AvgIpc) is 2.36. The van der Waals surface area contributed by atoms with E-state index in [1.807, 2.05) is 0 Å². The van der Waals surface area contributed by atoms with Crippen LogP contribution in [0.4, 0.5) is 0 Å². The Morgan fingerprint density at radius 3 is 2.53 bits per heavy atom. The first-order valence-electron chi connectivity index (χ1n) is 7.42. The minimum absolute atomic E-state index is 0.504. The Hall–Kier alpha value is -0.0800. The lowest BCUT2D eigenvalue weighted by molar-refractivity contribution is 0.0628. The third-order valence-electron chi connectivity index (χ3n) is 4.44. The molecule has 0 aromatic rings. The second kappa shape index (κ2) is 8.10. The van der Waals surface area contributed by atoms with Crippen molar-refractivity contribution >= 4 is 0 Å². The highest BCUT2D eigenvalue weighted by molar-refractivity contribution is 4.75. The fourth-order valence-electron chi connectivity index (χ4n) is 2.84. The van der Waals surface area contributed by atoms with E-state index >= 15 is 0 Å². The Labute approximate surface area is 108 Å². The highest BCUT2D eigenvalue weighted by Gasteiger charge is 2.20. The van der Waals surface area contributed by atoms with Crippen molar-refractivity contribution in [3.8, 4) is 0 Å². The van der Waals surface area contributed by atoms with Crippen molar-refractivity contribution in [2.75, 3.05) is 26.8 Å². The Kier molecular flexibility index (Phi) is 7.14. The summed E-state index contributed by atoms with van der Waals surface area (Å²) in [6.45, 7) is 7.88. The highest BCUT2D eigenvalue weighted by Crippen LogP contribution is 2.29. The van der Waals surface area contributed by atoms with Crippen LogP contribution in [-0.4, -0.2) is 26.8 Å². The number of hydrogen-bond acceptors (Lipinski definition) is 2. The van der Waals surface area contributed by atoms with E-state index in [0.29, 0.717) is 5.41 Å². The molecule has 1 aliphatic rings. The molecule has 2 nitrogen and oxygen atoms in total. The summed E-state index contributed by atoms with van der Waals surface area (Å²) >= 11 is 0. The number of rotatable bonds is 8. The molecule has 1 fully saturated rings. The molecular weight excluding hydrogens is 210 g/mol. The van der Waals surface area contributed by atoms with E-state index in [1.54, 1.807) is 0 Å². The largest absolute Gasteiger partial charge is 0.381 e. The van der Waals surface area contributed by atoms with Gasteiger partial charge in [-0.25, -0.2) is 0 Å². The Morgan fingerprint density at radius 1 is 1.24 bits per heavy atom. The SMILES string of the molecule is CCC(C)(CCCCC1CCOCC1)CNC. The summed E-state index contributed by atoms with van der Waals surface area (Å²) in [5, 5.41) is 3.33. The summed E-state index contributed by atoms with van der Waals surface area (Å²) < 4.78 is 5.40. The predicted molar refractivity (Wildman–Crippen MR) is 74.3 cm³/mol. The van der Waals surface area contributed by atoms with Crippen molar-refractivity contribution in [2.45, 2.75) is 58.8 Å². The molecule has 0 aromatic carbocycles. The summed E-state index contributed by atoms with van der Waals surface area (Å²) in [4.78, 5) is 0. The molecule has 1 N–H and O–H groups in total. The molecule has 0 spiro atoms. The number of hydrogen-bond donors (Lipinski definition) is 1. The highest BCUT2D eigenvalue weighted by atomic mass is 16.5. The van der Waals surface area contributed by atoms with Crippen LogP contribution in [0.3, 0.4) is 0 Å². The van der Waals surface area contributed by atoms with Gasteiger partial charge in [0.15, 0.2) is 0 Å². The molecule has 17 heavy (non-hydrogen) atoms. The van der Waals surface area contributed by atoms with Gasteiger partial charge in [-0.15, -0.1) is 0 Å². The van der Waals surface area contributed by atoms with Crippen LogP contribution in [0, 0.1) is 11.3 Å². The molecule has 1 saturated heterocycles. The van der Waals surface area contributed by atoms with Gasteiger partial charge in [-0.2, -0.15) is 0 Å². The first-order valence-corrected chi connectivity index (χ1v) is 7.42. The Balaban J connectivity index is 2.09. The number of ether oxygens (including phenoxy) is 1. The minimum Gasteiger partial charge on any atom is -0.381 e. The fourth-order valence-corrected chi connectivity index (χ4v) is 2.84. The normalized spacial score (nSPS) is 21.4. The van der Waals surface area contributed by atoms with Crippen LogP contribution < -0.4 is 5.32 Å². The van der Waals surface area contributed by atoms with E-state index in [0.717, 1.165) is 25.7 Å². The van der Waals surface area contributed by atoms with Gasteiger partial charge in [0, 0.05) is 19.8 Å². The van der Waals surface area contributed by atoms with E-state index in [4.69, 9.17) is 4.74 Å². The summed E-state index contributed by atoms with van der Waals surface area (Å²) in [6, 6.07) is 0. The maximum Gasteiger partial charge on any atom is 0.0468 e. The molecular formula is C15H31NO. The lowest BCUT2D eigenvalue weighted by Gasteiger charge is -2.28. The molecule has 1 atom stereocenters. The smallest absolute Gasteiger partial charge is 0.0468 e. The summed E-state index contributed by atoms with van der Waals surface area (Å²) in [5.41, 5.74) is 0.504. The maximum atomic E-state index is 5.40. The fraction of sp³-hybridized carbons (Fsp3) is 1.00. The second-order valence-electron chi connectivity index (χ2n) is 6.00. The first kappa shape index (κ1) is 15.0. The molecule has 1 rings (SSSR count). The molecule has 0 radical (unpaired) electrons. The van der Waals surface area contributed by atoms with E-state index in [2.05, 4.69) is 26.2 Å². The standard InChI is InChI=1S/C15H31NO/c1-4-15(2,13-16-3)10-6-5-7-14-8-11-17-12-9-14/h14,16H,4-13H2,1-3H3. The quantitative estimate of drug-likeness (QED) is 0.656. The summed E-state index contributed by atoms with van der Waals surface area (Å²) in [5.74, 6) is 0.945. The minimum atomic E-state index is 0.504. The van der Waals surface area contributed by atoms with Gasteiger partial charge in [0.05, 0.1) is 0 Å². The first-order chi connectivity index (χ1) is 8.20. The van der Waals surface area contributed by atoms with Gasteiger partial charge >= 0.3 is 0 Å². The van der Waals surface area contributed by atoms with Gasteiger partial charge in [0.1, 0.15) is 0 Å². The zero-order chi connectivity index (χ0) is 12.6. The molecule has 0 aliphatic carbocycles. The Bertz CT molecular complexity index is 189. The number of unbranched alkanes of at least 4 members (excludes halogenated alkanes) is 1. The van der Waals surface area contributed by atoms with Crippen LogP contribution in [0.15, 0.2) is 0 Å². The van der Waals surface area contributed by atoms with Crippen molar-refractivity contribution in [3.63, 3.8) is 0 Å². The molecule has 2 heteroatoms. The average molecular weight is 241 g/mol. The Morgan fingerprint density at radius 2 is 1.94 bits per heavy atom. The number of nitrogens with one attached hydrogen (secondary N) is 1. The van der Waals surface area contributed by atoms with E-state index in [-0.39, 0.29) is 0 Å². The molecule has 1 aliphatic heterocycles. The molecule has 1 heterocycles. The summed E-state index contributed by atoms with van der Waals surface area (Å²) in [7, 11) is 2.07.